The molecule has 0 aromatic heterocycles. The van der Waals surface area contributed by atoms with Crippen molar-refractivity contribution in [3.8, 4) is 0 Å². The van der Waals surface area contributed by atoms with Gasteiger partial charge in [-0.3, -0.25) is 14.9 Å². The summed E-state index contributed by atoms with van der Waals surface area (Å²) < 4.78 is 0. The first-order chi connectivity index (χ1) is 7.15. The van der Waals surface area contributed by atoms with Crippen LogP contribution in [-0.2, 0) is 16.0 Å². The molecule has 76 valence electrons. The van der Waals surface area contributed by atoms with Gasteiger partial charge in [0.05, 0.1) is 0 Å². The molecule has 0 saturated heterocycles. The molecule has 1 heterocycles. The van der Waals surface area contributed by atoms with Crippen LogP contribution in [0, 0.1) is 0 Å². The minimum atomic E-state index is -0.342. The van der Waals surface area contributed by atoms with Crippen molar-refractivity contribution in [3.05, 3.63) is 41.5 Å². The SMILES string of the molecule is Nc1ccc(CC2=CC(=O)NC2=O)cc1. The Morgan fingerprint density at radius 2 is 1.80 bits per heavy atom. The van der Waals surface area contributed by atoms with Gasteiger partial charge >= 0.3 is 0 Å². The number of imide groups is 1. The third kappa shape index (κ3) is 2.04. The Morgan fingerprint density at radius 3 is 2.33 bits per heavy atom. The van der Waals surface area contributed by atoms with E-state index in [1.54, 1.807) is 12.1 Å². The predicted octanol–water partition coefficient (Wildman–Crippen LogP) is 0.394. The fourth-order valence-electron chi connectivity index (χ4n) is 1.44. The Kier molecular flexibility index (Phi) is 2.25. The number of hydrogen-bond donors (Lipinski definition) is 2. The fraction of sp³-hybridized carbons (Fsp3) is 0.0909. The van der Waals surface area contributed by atoms with Crippen LogP contribution in [0.3, 0.4) is 0 Å². The second-order valence-electron chi connectivity index (χ2n) is 3.41. The molecule has 0 bridgehead atoms. The van der Waals surface area contributed by atoms with E-state index in [4.69, 9.17) is 5.73 Å². The van der Waals surface area contributed by atoms with E-state index in [1.807, 2.05) is 12.1 Å². The molecule has 1 aromatic rings. The molecule has 15 heavy (non-hydrogen) atoms. The molecule has 1 aliphatic rings. The summed E-state index contributed by atoms with van der Waals surface area (Å²) in [5.41, 5.74) is 7.67. The lowest BCUT2D eigenvalue weighted by Crippen LogP contribution is -2.22. The molecule has 4 heteroatoms. The molecular formula is C11H10N2O2. The lowest BCUT2D eigenvalue weighted by molar-refractivity contribution is -0.123. The summed E-state index contributed by atoms with van der Waals surface area (Å²) in [7, 11) is 0. The van der Waals surface area contributed by atoms with Gasteiger partial charge in [0.15, 0.2) is 0 Å². The molecule has 2 amide bonds. The second-order valence-corrected chi connectivity index (χ2v) is 3.41. The first-order valence-corrected chi connectivity index (χ1v) is 4.55. The Bertz CT molecular complexity index is 446. The number of carbonyl (C=O) groups is 2. The molecule has 0 aliphatic carbocycles. The molecule has 1 aromatic carbocycles. The van der Waals surface area contributed by atoms with Crippen LogP contribution in [0.5, 0.6) is 0 Å². The van der Waals surface area contributed by atoms with Crippen LogP contribution in [0.15, 0.2) is 35.9 Å². The van der Waals surface area contributed by atoms with E-state index in [0.29, 0.717) is 17.7 Å². The monoisotopic (exact) mass is 202 g/mol. The van der Waals surface area contributed by atoms with Crippen LogP contribution >= 0.6 is 0 Å². The van der Waals surface area contributed by atoms with E-state index >= 15 is 0 Å². The normalized spacial score (nSPS) is 15.1. The van der Waals surface area contributed by atoms with Crippen molar-refractivity contribution >= 4 is 17.5 Å². The fourth-order valence-corrected chi connectivity index (χ4v) is 1.44. The maximum Gasteiger partial charge on any atom is 0.254 e. The lowest BCUT2D eigenvalue weighted by atomic mass is 10.1. The van der Waals surface area contributed by atoms with Crippen LogP contribution in [0.2, 0.25) is 0 Å². The van der Waals surface area contributed by atoms with Crippen molar-refractivity contribution in [2.45, 2.75) is 6.42 Å². The van der Waals surface area contributed by atoms with Crippen molar-refractivity contribution in [1.29, 1.82) is 0 Å². The zero-order chi connectivity index (χ0) is 10.8. The summed E-state index contributed by atoms with van der Waals surface area (Å²) in [6.45, 7) is 0. The van der Waals surface area contributed by atoms with Gasteiger partial charge < -0.3 is 5.73 Å². The molecule has 0 radical (unpaired) electrons. The molecule has 0 spiro atoms. The molecule has 1 aliphatic heterocycles. The third-order valence-electron chi connectivity index (χ3n) is 2.21. The molecule has 0 unspecified atom stereocenters. The number of nitrogens with two attached hydrogens (primary N) is 1. The van der Waals surface area contributed by atoms with E-state index in [2.05, 4.69) is 5.32 Å². The summed E-state index contributed by atoms with van der Waals surface area (Å²) in [6, 6.07) is 7.22. The van der Waals surface area contributed by atoms with Crippen LogP contribution < -0.4 is 11.1 Å². The van der Waals surface area contributed by atoms with Gasteiger partial charge in [-0.15, -0.1) is 0 Å². The Hall–Kier alpha value is -2.10. The largest absolute Gasteiger partial charge is 0.399 e. The van der Waals surface area contributed by atoms with Gasteiger partial charge in [0, 0.05) is 23.8 Å². The zero-order valence-corrected chi connectivity index (χ0v) is 7.99. The van der Waals surface area contributed by atoms with E-state index in [1.165, 1.54) is 6.08 Å². The maximum absolute atomic E-state index is 11.2. The highest BCUT2D eigenvalue weighted by Gasteiger charge is 2.20. The topological polar surface area (TPSA) is 72.2 Å². The molecule has 0 atom stereocenters. The highest BCUT2D eigenvalue weighted by Crippen LogP contribution is 2.13. The second kappa shape index (κ2) is 3.57. The number of carbonyl (C=O) groups excluding carboxylic acids is 2. The summed E-state index contributed by atoms with van der Waals surface area (Å²) in [5, 5.41) is 2.20. The van der Waals surface area contributed by atoms with Crippen molar-refractivity contribution in [2.75, 3.05) is 5.73 Å². The Morgan fingerprint density at radius 1 is 1.13 bits per heavy atom. The quantitative estimate of drug-likeness (QED) is 0.538. The number of anilines is 1. The molecule has 3 N–H and O–H groups in total. The standard InChI is InChI=1S/C11H10N2O2/c12-9-3-1-7(2-4-9)5-8-6-10(14)13-11(8)15/h1-4,6H,5,12H2,(H,13,14,15). The molecule has 4 nitrogen and oxygen atoms in total. The van der Waals surface area contributed by atoms with E-state index < -0.39 is 0 Å². The average Bonchev–Trinajstić information content (AvgIpc) is 2.49. The van der Waals surface area contributed by atoms with Crippen molar-refractivity contribution < 1.29 is 9.59 Å². The highest BCUT2D eigenvalue weighted by molar-refractivity contribution is 6.16. The third-order valence-corrected chi connectivity index (χ3v) is 2.21. The number of amides is 2. The molecular weight excluding hydrogens is 192 g/mol. The van der Waals surface area contributed by atoms with Gasteiger partial charge in [0.2, 0.25) is 0 Å². The average molecular weight is 202 g/mol. The number of nitrogen functional groups attached to an aromatic ring is 1. The summed E-state index contributed by atoms with van der Waals surface area (Å²) in [4.78, 5) is 22.1. The van der Waals surface area contributed by atoms with E-state index in [0.717, 1.165) is 5.56 Å². The van der Waals surface area contributed by atoms with Gasteiger partial charge in [0.25, 0.3) is 11.8 Å². The first-order valence-electron chi connectivity index (χ1n) is 4.55. The van der Waals surface area contributed by atoms with E-state index in [-0.39, 0.29) is 11.8 Å². The smallest absolute Gasteiger partial charge is 0.254 e. The van der Waals surface area contributed by atoms with Gasteiger partial charge in [0.1, 0.15) is 0 Å². The van der Waals surface area contributed by atoms with Crippen molar-refractivity contribution in [1.82, 2.24) is 5.32 Å². The van der Waals surface area contributed by atoms with Crippen molar-refractivity contribution in [3.63, 3.8) is 0 Å². The number of benzene rings is 1. The van der Waals surface area contributed by atoms with Crippen LogP contribution in [-0.4, -0.2) is 11.8 Å². The predicted molar refractivity (Wildman–Crippen MR) is 55.8 cm³/mol. The molecule has 0 fully saturated rings. The first kappa shape index (κ1) is 9.45. The van der Waals surface area contributed by atoms with Crippen LogP contribution in [0.4, 0.5) is 5.69 Å². The molecule has 2 rings (SSSR count). The minimum Gasteiger partial charge on any atom is -0.399 e. The van der Waals surface area contributed by atoms with Gasteiger partial charge in [-0.05, 0) is 17.7 Å². The molecule has 0 saturated carbocycles. The van der Waals surface area contributed by atoms with Gasteiger partial charge in [-0.25, -0.2) is 0 Å². The zero-order valence-electron chi connectivity index (χ0n) is 7.99. The van der Waals surface area contributed by atoms with E-state index in [9.17, 15) is 9.59 Å². The van der Waals surface area contributed by atoms with Crippen molar-refractivity contribution in [2.24, 2.45) is 0 Å². The van der Waals surface area contributed by atoms with Gasteiger partial charge in [-0.2, -0.15) is 0 Å². The van der Waals surface area contributed by atoms with Gasteiger partial charge in [-0.1, -0.05) is 12.1 Å². The number of hydrogen-bond acceptors (Lipinski definition) is 3. The maximum atomic E-state index is 11.2. The Balaban J connectivity index is 2.16. The number of rotatable bonds is 2. The summed E-state index contributed by atoms with van der Waals surface area (Å²) in [5.74, 6) is -0.651. The summed E-state index contributed by atoms with van der Waals surface area (Å²) in [6.07, 6.45) is 1.79. The Labute approximate surface area is 86.8 Å². The highest BCUT2D eigenvalue weighted by atomic mass is 16.2. The van der Waals surface area contributed by atoms with Crippen LogP contribution in [0.25, 0.3) is 0 Å². The number of nitrogens with one attached hydrogen (secondary N) is 1. The minimum absolute atomic E-state index is 0.308. The van der Waals surface area contributed by atoms with Crippen LogP contribution in [0.1, 0.15) is 5.56 Å². The summed E-state index contributed by atoms with van der Waals surface area (Å²) >= 11 is 0. The lowest BCUT2D eigenvalue weighted by Gasteiger charge is -2.01.